The predicted octanol–water partition coefficient (Wildman–Crippen LogP) is 1.89. The van der Waals surface area contributed by atoms with Gasteiger partial charge in [0.05, 0.1) is 18.2 Å². The maximum absolute atomic E-state index is 8.86. The monoisotopic (exact) mass is 263 g/mol. The van der Waals surface area contributed by atoms with Crippen molar-refractivity contribution in [3.05, 3.63) is 65.6 Å². The second-order valence-corrected chi connectivity index (χ2v) is 4.46. The Balaban J connectivity index is 1.66. The Kier molecular flexibility index (Phi) is 3.40. The average molecular weight is 263 g/mol. The van der Waals surface area contributed by atoms with Crippen molar-refractivity contribution in [3.8, 4) is 6.07 Å². The summed E-state index contributed by atoms with van der Waals surface area (Å²) in [4.78, 5) is 0. The molecular formula is C15H13N5. The zero-order chi connectivity index (χ0) is 13.8. The maximum atomic E-state index is 8.86. The van der Waals surface area contributed by atoms with Crippen molar-refractivity contribution < 1.29 is 0 Å². The van der Waals surface area contributed by atoms with Crippen LogP contribution in [0.2, 0.25) is 0 Å². The molecule has 0 aliphatic rings. The number of hydrogen-bond donors (Lipinski definition) is 1. The van der Waals surface area contributed by atoms with Crippen LogP contribution in [0, 0.1) is 11.3 Å². The molecule has 0 atom stereocenters. The standard InChI is InChI=1S/C15H13N5/c16-9-12-4-3-5-13(8-12)10-17-11-15-19-18-14-6-1-2-7-20(14)15/h1-8,17H,10-11H2. The first-order valence-corrected chi connectivity index (χ1v) is 6.35. The average Bonchev–Trinajstić information content (AvgIpc) is 2.91. The number of rotatable bonds is 4. The summed E-state index contributed by atoms with van der Waals surface area (Å²) in [5.74, 6) is 0.872. The Bertz CT molecular complexity index is 769. The van der Waals surface area contributed by atoms with Crippen LogP contribution in [0.4, 0.5) is 0 Å². The van der Waals surface area contributed by atoms with Crippen LogP contribution in [0.15, 0.2) is 48.7 Å². The minimum absolute atomic E-state index is 0.627. The van der Waals surface area contributed by atoms with Crippen molar-refractivity contribution in [1.82, 2.24) is 19.9 Å². The lowest BCUT2D eigenvalue weighted by molar-refractivity contribution is 0.656. The van der Waals surface area contributed by atoms with Crippen LogP contribution >= 0.6 is 0 Å². The Morgan fingerprint density at radius 2 is 2.05 bits per heavy atom. The zero-order valence-corrected chi connectivity index (χ0v) is 10.8. The number of aromatic nitrogens is 3. The largest absolute Gasteiger partial charge is 0.306 e. The molecule has 1 N–H and O–H groups in total. The van der Waals surface area contributed by atoms with Crippen molar-refractivity contribution in [2.75, 3.05) is 0 Å². The van der Waals surface area contributed by atoms with Crippen LogP contribution in [-0.4, -0.2) is 14.6 Å². The smallest absolute Gasteiger partial charge is 0.160 e. The number of benzene rings is 1. The van der Waals surface area contributed by atoms with Gasteiger partial charge in [-0.2, -0.15) is 5.26 Å². The van der Waals surface area contributed by atoms with Crippen molar-refractivity contribution >= 4 is 5.65 Å². The molecule has 2 aromatic heterocycles. The third-order valence-corrected chi connectivity index (χ3v) is 3.05. The molecule has 5 nitrogen and oxygen atoms in total. The first-order valence-electron chi connectivity index (χ1n) is 6.35. The second kappa shape index (κ2) is 5.51. The van der Waals surface area contributed by atoms with Gasteiger partial charge in [-0.3, -0.25) is 4.40 Å². The number of pyridine rings is 1. The fourth-order valence-electron chi connectivity index (χ4n) is 2.08. The van der Waals surface area contributed by atoms with E-state index in [4.69, 9.17) is 5.26 Å². The van der Waals surface area contributed by atoms with E-state index in [1.807, 2.05) is 47.0 Å². The highest BCUT2D eigenvalue weighted by Crippen LogP contribution is 2.05. The summed E-state index contributed by atoms with van der Waals surface area (Å²) in [6.45, 7) is 1.32. The van der Waals surface area contributed by atoms with E-state index >= 15 is 0 Å². The molecule has 98 valence electrons. The van der Waals surface area contributed by atoms with Crippen LogP contribution in [0.1, 0.15) is 17.0 Å². The van der Waals surface area contributed by atoms with E-state index in [0.717, 1.165) is 17.0 Å². The molecule has 0 aliphatic heterocycles. The summed E-state index contributed by atoms with van der Waals surface area (Å²) in [6, 6.07) is 15.5. The molecular weight excluding hydrogens is 250 g/mol. The summed E-state index contributed by atoms with van der Waals surface area (Å²) in [5, 5.41) is 20.4. The number of nitriles is 1. The van der Waals surface area contributed by atoms with Crippen molar-refractivity contribution in [3.63, 3.8) is 0 Å². The molecule has 3 aromatic rings. The molecule has 0 aliphatic carbocycles. The molecule has 0 radical (unpaired) electrons. The van der Waals surface area contributed by atoms with Gasteiger partial charge in [-0.15, -0.1) is 10.2 Å². The highest BCUT2D eigenvalue weighted by Gasteiger charge is 2.03. The lowest BCUT2D eigenvalue weighted by Gasteiger charge is -2.04. The molecule has 2 heterocycles. The Morgan fingerprint density at radius 1 is 1.10 bits per heavy atom. The first-order chi connectivity index (χ1) is 9.86. The Labute approximate surface area is 116 Å². The van der Waals surface area contributed by atoms with Gasteiger partial charge >= 0.3 is 0 Å². The van der Waals surface area contributed by atoms with Crippen molar-refractivity contribution in [2.24, 2.45) is 0 Å². The molecule has 0 saturated heterocycles. The highest BCUT2D eigenvalue weighted by atomic mass is 15.3. The molecule has 0 spiro atoms. The maximum Gasteiger partial charge on any atom is 0.160 e. The van der Waals surface area contributed by atoms with Gasteiger partial charge in [0, 0.05) is 12.7 Å². The molecule has 0 unspecified atom stereocenters. The first kappa shape index (κ1) is 12.3. The summed E-state index contributed by atoms with van der Waals surface area (Å²) < 4.78 is 1.96. The molecule has 0 fully saturated rings. The normalized spacial score (nSPS) is 10.6. The SMILES string of the molecule is N#Cc1cccc(CNCc2nnc3ccccn23)c1. The molecule has 20 heavy (non-hydrogen) atoms. The molecule has 3 rings (SSSR count). The van der Waals surface area contributed by atoms with E-state index in [0.29, 0.717) is 18.7 Å². The van der Waals surface area contributed by atoms with Crippen molar-refractivity contribution in [2.45, 2.75) is 13.1 Å². The summed E-state index contributed by atoms with van der Waals surface area (Å²) in [7, 11) is 0. The van der Waals surface area contributed by atoms with Gasteiger partial charge in [0.15, 0.2) is 11.5 Å². The van der Waals surface area contributed by atoms with Crippen LogP contribution in [0.25, 0.3) is 5.65 Å². The fourth-order valence-corrected chi connectivity index (χ4v) is 2.08. The number of hydrogen-bond acceptors (Lipinski definition) is 4. The van der Waals surface area contributed by atoms with E-state index < -0.39 is 0 Å². The third kappa shape index (κ3) is 2.51. The summed E-state index contributed by atoms with van der Waals surface area (Å²) in [5.41, 5.74) is 2.60. The van der Waals surface area contributed by atoms with Gasteiger partial charge in [-0.1, -0.05) is 18.2 Å². The lowest BCUT2D eigenvalue weighted by Crippen LogP contribution is -2.15. The number of nitrogens with one attached hydrogen (secondary N) is 1. The van der Waals surface area contributed by atoms with Gasteiger partial charge in [0.1, 0.15) is 0 Å². The van der Waals surface area contributed by atoms with E-state index in [1.54, 1.807) is 6.07 Å². The predicted molar refractivity (Wildman–Crippen MR) is 74.7 cm³/mol. The van der Waals surface area contributed by atoms with Gasteiger partial charge in [0.2, 0.25) is 0 Å². The summed E-state index contributed by atoms with van der Waals surface area (Å²) >= 11 is 0. The second-order valence-electron chi connectivity index (χ2n) is 4.46. The quantitative estimate of drug-likeness (QED) is 0.780. The number of fused-ring (bicyclic) bond motifs is 1. The fraction of sp³-hybridized carbons (Fsp3) is 0.133. The van der Waals surface area contributed by atoms with E-state index in [2.05, 4.69) is 21.6 Å². The van der Waals surface area contributed by atoms with Crippen molar-refractivity contribution in [1.29, 1.82) is 5.26 Å². The Hall–Kier alpha value is -2.71. The molecule has 0 amide bonds. The van der Waals surface area contributed by atoms with E-state index in [-0.39, 0.29) is 0 Å². The Morgan fingerprint density at radius 3 is 2.95 bits per heavy atom. The number of nitrogens with zero attached hydrogens (tertiary/aromatic N) is 4. The molecule has 0 saturated carbocycles. The third-order valence-electron chi connectivity index (χ3n) is 3.05. The summed E-state index contributed by atoms with van der Waals surface area (Å²) in [6.07, 6.45) is 1.95. The zero-order valence-electron chi connectivity index (χ0n) is 10.8. The van der Waals surface area contributed by atoms with Gasteiger partial charge in [0.25, 0.3) is 0 Å². The molecule has 1 aromatic carbocycles. The van der Waals surface area contributed by atoms with Crippen LogP contribution in [0.3, 0.4) is 0 Å². The highest BCUT2D eigenvalue weighted by molar-refractivity contribution is 5.37. The molecule has 0 bridgehead atoms. The van der Waals surface area contributed by atoms with Crippen LogP contribution in [-0.2, 0) is 13.1 Å². The van der Waals surface area contributed by atoms with E-state index in [9.17, 15) is 0 Å². The minimum atomic E-state index is 0.627. The van der Waals surface area contributed by atoms with Gasteiger partial charge < -0.3 is 5.32 Å². The van der Waals surface area contributed by atoms with Crippen LogP contribution in [0.5, 0.6) is 0 Å². The topological polar surface area (TPSA) is 66.0 Å². The molecule has 5 heteroatoms. The minimum Gasteiger partial charge on any atom is -0.306 e. The van der Waals surface area contributed by atoms with E-state index in [1.165, 1.54) is 0 Å². The van der Waals surface area contributed by atoms with Crippen LogP contribution < -0.4 is 5.32 Å². The van der Waals surface area contributed by atoms with Gasteiger partial charge in [-0.05, 0) is 29.8 Å². The van der Waals surface area contributed by atoms with Gasteiger partial charge in [-0.25, -0.2) is 0 Å². The lowest BCUT2D eigenvalue weighted by atomic mass is 10.1.